The highest BCUT2D eigenvalue weighted by Gasteiger charge is 2.29. The van der Waals surface area contributed by atoms with Crippen LogP contribution < -0.4 is 10.1 Å². The van der Waals surface area contributed by atoms with Crippen molar-refractivity contribution in [3.8, 4) is 5.75 Å². The Hall–Kier alpha value is -1.95. The number of amidine groups is 1. The molecule has 0 fully saturated rings. The quantitative estimate of drug-likeness (QED) is 0.930. The third-order valence-electron chi connectivity index (χ3n) is 4.08. The molecule has 0 aromatic heterocycles. The number of para-hydroxylation sites is 1. The lowest BCUT2D eigenvalue weighted by atomic mass is 10.0. The Morgan fingerprint density at radius 2 is 2.36 bits per heavy atom. The largest absolute Gasteiger partial charge is 0.493 e. The number of aliphatic imine (C=N–C) groups is 1. The van der Waals surface area contributed by atoms with E-state index in [1.165, 1.54) is 0 Å². The van der Waals surface area contributed by atoms with Crippen LogP contribution in [0.4, 0.5) is 0 Å². The van der Waals surface area contributed by atoms with E-state index in [9.17, 15) is 4.79 Å². The SMILES string of the molecule is O=C(CC1=CSC2=NCCN12)NC1CCOc2ccccc21. The summed E-state index contributed by atoms with van der Waals surface area (Å²) in [6, 6.07) is 7.96. The van der Waals surface area contributed by atoms with Crippen molar-refractivity contribution in [2.75, 3.05) is 19.7 Å². The predicted molar refractivity (Wildman–Crippen MR) is 86.7 cm³/mol. The normalized spacial score (nSPS) is 22.4. The van der Waals surface area contributed by atoms with Crippen LogP contribution in [0.3, 0.4) is 0 Å². The number of nitrogens with one attached hydrogen (secondary N) is 1. The maximum absolute atomic E-state index is 12.4. The maximum Gasteiger partial charge on any atom is 0.226 e. The lowest BCUT2D eigenvalue weighted by molar-refractivity contribution is -0.121. The van der Waals surface area contributed by atoms with Crippen molar-refractivity contribution in [2.45, 2.75) is 18.9 Å². The van der Waals surface area contributed by atoms with Gasteiger partial charge in [-0.1, -0.05) is 30.0 Å². The second-order valence-electron chi connectivity index (χ2n) is 5.51. The molecular formula is C16H17N3O2S. The minimum atomic E-state index is 0.0406. The van der Waals surface area contributed by atoms with E-state index in [2.05, 4.69) is 15.2 Å². The number of nitrogens with zero attached hydrogens (tertiary/aromatic N) is 2. The molecule has 0 saturated carbocycles. The molecule has 22 heavy (non-hydrogen) atoms. The van der Waals surface area contributed by atoms with Crippen LogP contribution in [0.1, 0.15) is 24.4 Å². The average molecular weight is 315 g/mol. The first-order chi connectivity index (χ1) is 10.8. The van der Waals surface area contributed by atoms with Gasteiger partial charge in [0.05, 0.1) is 25.6 Å². The molecule has 5 nitrogen and oxygen atoms in total. The van der Waals surface area contributed by atoms with E-state index in [0.29, 0.717) is 13.0 Å². The van der Waals surface area contributed by atoms with Crippen LogP contribution in [-0.4, -0.2) is 35.7 Å². The van der Waals surface area contributed by atoms with Crippen molar-refractivity contribution in [1.29, 1.82) is 0 Å². The number of hydrogen-bond acceptors (Lipinski definition) is 5. The van der Waals surface area contributed by atoms with Gasteiger partial charge in [-0.05, 0) is 11.5 Å². The van der Waals surface area contributed by atoms with Crippen molar-refractivity contribution in [1.82, 2.24) is 10.2 Å². The zero-order valence-corrected chi connectivity index (χ0v) is 12.9. The first kappa shape index (κ1) is 13.7. The van der Waals surface area contributed by atoms with Crippen molar-refractivity contribution in [2.24, 2.45) is 4.99 Å². The zero-order valence-electron chi connectivity index (χ0n) is 12.1. The monoisotopic (exact) mass is 315 g/mol. The van der Waals surface area contributed by atoms with Crippen LogP contribution in [-0.2, 0) is 4.79 Å². The first-order valence-corrected chi connectivity index (χ1v) is 8.38. The standard InChI is InChI=1S/C16H17N3O2S/c20-15(9-11-10-22-16-17-6-7-19(11)16)18-13-5-8-21-14-4-2-1-3-12(13)14/h1-4,10,13H,5-9H2,(H,18,20). The van der Waals surface area contributed by atoms with Gasteiger partial charge < -0.3 is 15.0 Å². The van der Waals surface area contributed by atoms with E-state index in [4.69, 9.17) is 4.74 Å². The highest BCUT2D eigenvalue weighted by Crippen LogP contribution is 2.33. The van der Waals surface area contributed by atoms with Gasteiger partial charge in [-0.25, -0.2) is 0 Å². The fourth-order valence-corrected chi connectivity index (χ4v) is 3.97. The number of hydrogen-bond donors (Lipinski definition) is 1. The number of carbonyl (C=O) groups excluding carboxylic acids is 1. The molecule has 1 N–H and O–H groups in total. The van der Waals surface area contributed by atoms with Gasteiger partial charge in [0.15, 0.2) is 5.17 Å². The molecule has 1 amide bonds. The minimum Gasteiger partial charge on any atom is -0.493 e. The van der Waals surface area contributed by atoms with Crippen LogP contribution in [0.5, 0.6) is 5.75 Å². The van der Waals surface area contributed by atoms with Crippen LogP contribution in [0, 0.1) is 0 Å². The van der Waals surface area contributed by atoms with E-state index in [-0.39, 0.29) is 11.9 Å². The maximum atomic E-state index is 12.4. The molecule has 1 atom stereocenters. The Balaban J connectivity index is 1.42. The van der Waals surface area contributed by atoms with Crippen LogP contribution >= 0.6 is 11.8 Å². The second-order valence-corrected chi connectivity index (χ2v) is 6.35. The number of ether oxygens (including phenoxy) is 1. The smallest absolute Gasteiger partial charge is 0.226 e. The molecule has 3 aliphatic heterocycles. The first-order valence-electron chi connectivity index (χ1n) is 7.50. The second kappa shape index (κ2) is 5.68. The van der Waals surface area contributed by atoms with E-state index in [0.717, 1.165) is 41.7 Å². The molecule has 4 rings (SSSR count). The topological polar surface area (TPSA) is 53.9 Å². The molecule has 0 spiro atoms. The third kappa shape index (κ3) is 2.47. The lowest BCUT2D eigenvalue weighted by Crippen LogP contribution is -2.33. The molecule has 1 aromatic carbocycles. The number of carbonyl (C=O) groups is 1. The van der Waals surface area contributed by atoms with E-state index in [1.807, 2.05) is 29.7 Å². The van der Waals surface area contributed by atoms with Crippen molar-refractivity contribution < 1.29 is 9.53 Å². The molecule has 3 heterocycles. The number of amides is 1. The molecule has 114 valence electrons. The molecule has 0 saturated heterocycles. The Bertz CT molecular complexity index is 671. The summed E-state index contributed by atoms with van der Waals surface area (Å²) in [7, 11) is 0. The molecule has 0 aliphatic carbocycles. The number of fused-ring (bicyclic) bond motifs is 2. The van der Waals surface area contributed by atoms with Gasteiger partial charge in [0.1, 0.15) is 5.75 Å². The Morgan fingerprint density at radius 1 is 1.45 bits per heavy atom. The summed E-state index contributed by atoms with van der Waals surface area (Å²) in [5, 5.41) is 6.21. The predicted octanol–water partition coefficient (Wildman–Crippen LogP) is 2.28. The summed E-state index contributed by atoms with van der Waals surface area (Å²) in [6.07, 6.45) is 1.22. The Morgan fingerprint density at radius 3 is 3.32 bits per heavy atom. The Labute approximate surface area is 133 Å². The summed E-state index contributed by atoms with van der Waals surface area (Å²) < 4.78 is 5.64. The van der Waals surface area contributed by atoms with Gasteiger partial charge >= 0.3 is 0 Å². The highest BCUT2D eigenvalue weighted by molar-refractivity contribution is 8.16. The molecule has 0 bridgehead atoms. The van der Waals surface area contributed by atoms with E-state index < -0.39 is 0 Å². The van der Waals surface area contributed by atoms with Gasteiger partial charge in [0, 0.05) is 24.2 Å². The van der Waals surface area contributed by atoms with Gasteiger partial charge in [-0.2, -0.15) is 0 Å². The highest BCUT2D eigenvalue weighted by atomic mass is 32.2. The van der Waals surface area contributed by atoms with Gasteiger partial charge in [0.2, 0.25) is 5.91 Å². The van der Waals surface area contributed by atoms with E-state index >= 15 is 0 Å². The molecular weight excluding hydrogens is 298 g/mol. The van der Waals surface area contributed by atoms with Crippen LogP contribution in [0.15, 0.2) is 40.4 Å². The summed E-state index contributed by atoms with van der Waals surface area (Å²) in [5.74, 6) is 0.936. The summed E-state index contributed by atoms with van der Waals surface area (Å²) in [6.45, 7) is 2.36. The zero-order chi connectivity index (χ0) is 14.9. The average Bonchev–Trinajstić information content (AvgIpc) is 3.13. The van der Waals surface area contributed by atoms with E-state index in [1.54, 1.807) is 11.8 Å². The summed E-state index contributed by atoms with van der Waals surface area (Å²) in [5.41, 5.74) is 2.12. The van der Waals surface area contributed by atoms with Crippen molar-refractivity contribution >= 4 is 22.8 Å². The third-order valence-corrected chi connectivity index (χ3v) is 5.03. The molecule has 0 radical (unpaired) electrons. The fraction of sp³-hybridized carbons (Fsp3) is 0.375. The van der Waals surface area contributed by atoms with Crippen LogP contribution in [0.25, 0.3) is 0 Å². The van der Waals surface area contributed by atoms with Gasteiger partial charge in [-0.3, -0.25) is 9.79 Å². The van der Waals surface area contributed by atoms with Crippen LogP contribution in [0.2, 0.25) is 0 Å². The molecule has 1 aromatic rings. The lowest BCUT2D eigenvalue weighted by Gasteiger charge is -2.27. The van der Waals surface area contributed by atoms with Crippen molar-refractivity contribution in [3.63, 3.8) is 0 Å². The number of rotatable bonds is 3. The number of thioether (sulfide) groups is 1. The summed E-state index contributed by atoms with van der Waals surface area (Å²) in [4.78, 5) is 18.9. The minimum absolute atomic E-state index is 0.0406. The Kier molecular flexibility index (Phi) is 3.54. The fourth-order valence-electron chi connectivity index (χ4n) is 3.02. The van der Waals surface area contributed by atoms with Gasteiger partial charge in [0.25, 0.3) is 0 Å². The molecule has 6 heteroatoms. The molecule has 3 aliphatic rings. The number of benzene rings is 1. The van der Waals surface area contributed by atoms with Gasteiger partial charge in [-0.15, -0.1) is 0 Å². The van der Waals surface area contributed by atoms with Crippen molar-refractivity contribution in [3.05, 3.63) is 40.9 Å². The molecule has 1 unspecified atom stereocenters. The summed E-state index contributed by atoms with van der Waals surface area (Å²) >= 11 is 1.61.